The van der Waals surface area contributed by atoms with Gasteiger partial charge in [-0.05, 0) is 70.1 Å². The molecule has 2 aliphatic heterocycles. The van der Waals surface area contributed by atoms with Crippen LogP contribution >= 0.6 is 0 Å². The molecule has 1 fully saturated rings. The zero-order valence-corrected chi connectivity index (χ0v) is 32.0. The third-order valence-electron chi connectivity index (χ3n) is 8.58. The molecule has 0 aliphatic carbocycles. The van der Waals surface area contributed by atoms with E-state index in [-0.39, 0.29) is 62.3 Å². The molecule has 2 aliphatic rings. The number of hydrogen-bond donors (Lipinski definition) is 5. The van der Waals surface area contributed by atoms with Gasteiger partial charge in [-0.15, -0.1) is 0 Å². The van der Waals surface area contributed by atoms with E-state index in [1.54, 1.807) is 35.9 Å². The molecule has 0 saturated carbocycles. The van der Waals surface area contributed by atoms with Gasteiger partial charge < -0.3 is 36.6 Å². The maximum atomic E-state index is 13.5. The highest BCUT2D eigenvalue weighted by Gasteiger charge is 2.30. The molecule has 54 heavy (non-hydrogen) atoms. The van der Waals surface area contributed by atoms with Gasteiger partial charge >= 0.3 is 12.1 Å². The molecule has 17 heteroatoms. The van der Waals surface area contributed by atoms with Gasteiger partial charge in [0.1, 0.15) is 17.7 Å². The molecule has 1 saturated heterocycles. The minimum atomic E-state index is -0.988. The highest BCUT2D eigenvalue weighted by Crippen LogP contribution is 2.16. The summed E-state index contributed by atoms with van der Waals surface area (Å²) in [6.07, 6.45) is 4.44. The summed E-state index contributed by atoms with van der Waals surface area (Å²) in [7, 11) is 0. The smallest absolute Gasteiger partial charge is 0.410 e. The minimum absolute atomic E-state index is 0.144. The zero-order valence-electron chi connectivity index (χ0n) is 32.0. The highest BCUT2D eigenvalue weighted by atomic mass is 16.7. The van der Waals surface area contributed by atoms with Crippen molar-refractivity contribution in [2.24, 2.45) is 11.7 Å². The van der Waals surface area contributed by atoms with Crippen molar-refractivity contribution >= 4 is 47.3 Å². The Morgan fingerprint density at radius 3 is 2.09 bits per heavy atom. The number of ether oxygens (including phenoxy) is 1. The van der Waals surface area contributed by atoms with E-state index in [0.29, 0.717) is 57.5 Å². The number of hydroxylamine groups is 2. The van der Waals surface area contributed by atoms with Gasteiger partial charge in [-0.3, -0.25) is 33.7 Å². The van der Waals surface area contributed by atoms with Crippen molar-refractivity contribution in [1.29, 1.82) is 0 Å². The lowest BCUT2D eigenvalue weighted by atomic mass is 10.0. The number of carbonyl (C=O) groups is 7. The van der Waals surface area contributed by atoms with Crippen LogP contribution < -0.4 is 27.0 Å². The van der Waals surface area contributed by atoms with Gasteiger partial charge in [0.25, 0.3) is 11.8 Å². The van der Waals surface area contributed by atoms with E-state index in [1.807, 2.05) is 32.9 Å². The number of anilines is 1. The van der Waals surface area contributed by atoms with Crippen LogP contribution in [0.5, 0.6) is 0 Å². The summed E-state index contributed by atoms with van der Waals surface area (Å²) in [6, 6.07) is 4.46. The Morgan fingerprint density at radius 2 is 1.50 bits per heavy atom. The summed E-state index contributed by atoms with van der Waals surface area (Å²) >= 11 is 0. The maximum Gasteiger partial charge on any atom is 0.410 e. The normalized spacial score (nSPS) is 15.9. The molecule has 2 atom stereocenters. The Bertz CT molecular complexity index is 1480. The van der Waals surface area contributed by atoms with Crippen LogP contribution in [0.1, 0.15) is 78.7 Å². The first kappa shape index (κ1) is 43.4. The fourth-order valence-electron chi connectivity index (χ4n) is 5.62. The second-order valence-corrected chi connectivity index (χ2v) is 14.6. The molecule has 3 rings (SSSR count). The summed E-state index contributed by atoms with van der Waals surface area (Å²) in [6.45, 7) is 11.8. The number of nitrogens with two attached hydrogens (primary N) is 1. The van der Waals surface area contributed by atoms with Crippen LogP contribution in [-0.4, -0.2) is 113 Å². The quantitative estimate of drug-likeness (QED) is 0.102. The van der Waals surface area contributed by atoms with Gasteiger partial charge in [0, 0.05) is 63.5 Å². The Morgan fingerprint density at radius 1 is 0.852 bits per heavy atom. The lowest BCUT2D eigenvalue weighted by Crippen LogP contribution is -2.54. The van der Waals surface area contributed by atoms with E-state index >= 15 is 0 Å². The van der Waals surface area contributed by atoms with Crippen LogP contribution in [-0.2, 0) is 40.2 Å². The first-order chi connectivity index (χ1) is 25.5. The third-order valence-corrected chi connectivity index (χ3v) is 8.58. The predicted molar refractivity (Wildman–Crippen MR) is 199 cm³/mol. The van der Waals surface area contributed by atoms with Gasteiger partial charge in [0.05, 0.1) is 6.61 Å². The third kappa shape index (κ3) is 15.1. The lowest BCUT2D eigenvalue weighted by molar-refractivity contribution is -0.184. The number of hydrogen-bond acceptors (Lipinski definition) is 10. The largest absolute Gasteiger partial charge is 0.444 e. The second kappa shape index (κ2) is 21.0. The number of carbonyl (C=O) groups excluding carboxylic acids is 7. The summed E-state index contributed by atoms with van der Waals surface area (Å²) in [5.74, 6) is -2.32. The van der Waals surface area contributed by atoms with Gasteiger partial charge in [0.15, 0.2) is 0 Å². The number of imide groups is 1. The zero-order chi connectivity index (χ0) is 39.8. The minimum Gasteiger partial charge on any atom is -0.444 e. The van der Waals surface area contributed by atoms with E-state index < -0.39 is 35.5 Å². The van der Waals surface area contributed by atoms with Crippen molar-refractivity contribution in [1.82, 2.24) is 30.8 Å². The van der Waals surface area contributed by atoms with Crippen LogP contribution in [0, 0.1) is 5.92 Å². The van der Waals surface area contributed by atoms with E-state index in [4.69, 9.17) is 15.3 Å². The molecule has 6 N–H and O–H groups in total. The molecule has 1 aromatic rings. The summed E-state index contributed by atoms with van der Waals surface area (Å²) in [5, 5.41) is 12.7. The van der Waals surface area contributed by atoms with Crippen LogP contribution in [0.3, 0.4) is 0 Å². The van der Waals surface area contributed by atoms with E-state index in [1.165, 1.54) is 12.2 Å². The standard InChI is InChI=1S/C37H56N8O9/c1-25(2)32(42-29(46)11-7-6-8-19-45-30(47)16-17-31(45)48)34(50)41-28(10-9-18-39-35(38)51)33(49)40-27-14-12-26(13-15-27)24-53-44-22-20-43(21-23-44)36(52)54-37(3,4)5/h12-17,25,28,32H,6-11,18-24H2,1-5H3,(H,40,49)(H,41,50)(H,42,46)(H3,38,39,51)/t28-,32-/m0/s1. The van der Waals surface area contributed by atoms with Crippen molar-refractivity contribution in [2.45, 2.75) is 97.4 Å². The predicted octanol–water partition coefficient (Wildman–Crippen LogP) is 2.17. The Hall–Kier alpha value is -5.03. The monoisotopic (exact) mass is 756 g/mol. The molecule has 298 valence electrons. The van der Waals surface area contributed by atoms with Gasteiger partial charge in [-0.2, -0.15) is 5.06 Å². The second-order valence-electron chi connectivity index (χ2n) is 14.6. The highest BCUT2D eigenvalue weighted by molar-refractivity contribution is 6.12. The molecular formula is C37H56N8O9. The van der Waals surface area contributed by atoms with Crippen LogP contribution in [0.15, 0.2) is 36.4 Å². The maximum absolute atomic E-state index is 13.5. The topological polar surface area (TPSA) is 222 Å². The van der Waals surface area contributed by atoms with Crippen molar-refractivity contribution in [2.75, 3.05) is 44.6 Å². The number of piperazine rings is 1. The van der Waals surface area contributed by atoms with E-state index in [9.17, 15) is 33.6 Å². The summed E-state index contributed by atoms with van der Waals surface area (Å²) in [5.41, 5.74) is 5.96. The molecule has 0 spiro atoms. The van der Waals surface area contributed by atoms with Crippen molar-refractivity contribution in [3.05, 3.63) is 42.0 Å². The number of nitrogens with one attached hydrogen (secondary N) is 4. The molecule has 0 aromatic heterocycles. The number of urea groups is 1. The van der Waals surface area contributed by atoms with E-state index in [2.05, 4.69) is 21.3 Å². The average molecular weight is 757 g/mol. The fraction of sp³-hybridized carbons (Fsp3) is 0.595. The first-order valence-corrected chi connectivity index (χ1v) is 18.4. The lowest BCUT2D eigenvalue weighted by Gasteiger charge is -2.34. The Labute approximate surface area is 316 Å². The van der Waals surface area contributed by atoms with Crippen molar-refractivity contribution in [3.63, 3.8) is 0 Å². The Kier molecular flexibility index (Phi) is 16.9. The molecule has 1 aromatic carbocycles. The molecule has 17 nitrogen and oxygen atoms in total. The summed E-state index contributed by atoms with van der Waals surface area (Å²) < 4.78 is 5.44. The Balaban J connectivity index is 1.49. The average Bonchev–Trinajstić information content (AvgIpc) is 3.43. The number of amides is 8. The van der Waals surface area contributed by atoms with Crippen molar-refractivity contribution < 1.29 is 43.1 Å². The molecule has 0 radical (unpaired) electrons. The van der Waals surface area contributed by atoms with Gasteiger partial charge in [0.2, 0.25) is 17.7 Å². The molecule has 2 heterocycles. The molecular weight excluding hydrogens is 700 g/mol. The number of primary amides is 1. The van der Waals surface area contributed by atoms with Gasteiger partial charge in [-0.25, -0.2) is 9.59 Å². The number of benzene rings is 1. The summed E-state index contributed by atoms with van der Waals surface area (Å²) in [4.78, 5) is 95.3. The number of unbranched alkanes of at least 4 members (excludes halogenated alkanes) is 2. The number of rotatable bonds is 19. The fourth-order valence-corrected chi connectivity index (χ4v) is 5.62. The van der Waals surface area contributed by atoms with Crippen LogP contribution in [0.2, 0.25) is 0 Å². The molecule has 0 bridgehead atoms. The van der Waals surface area contributed by atoms with Crippen molar-refractivity contribution in [3.8, 4) is 0 Å². The first-order valence-electron chi connectivity index (χ1n) is 18.4. The van der Waals surface area contributed by atoms with Crippen LogP contribution in [0.4, 0.5) is 15.3 Å². The SMILES string of the molecule is CC(C)[C@H](NC(=O)CCCCCN1C(=O)C=CC1=O)C(=O)N[C@@H](CCCNC(N)=O)C(=O)Nc1ccc(CON2CCN(C(=O)OC(C)(C)C)CC2)cc1. The molecule has 8 amide bonds. The molecule has 0 unspecified atom stereocenters. The van der Waals surface area contributed by atoms with Crippen LogP contribution in [0.25, 0.3) is 0 Å². The number of nitrogens with zero attached hydrogens (tertiary/aromatic N) is 3. The van der Waals surface area contributed by atoms with Gasteiger partial charge in [-0.1, -0.05) is 32.4 Å². The van der Waals surface area contributed by atoms with E-state index in [0.717, 1.165) is 10.5 Å².